The van der Waals surface area contributed by atoms with E-state index in [1.54, 1.807) is 42.5 Å². The quantitative estimate of drug-likeness (QED) is 0.219. The van der Waals surface area contributed by atoms with Crippen LogP contribution in [-0.2, 0) is 0 Å². The number of hydrogen-bond acceptors (Lipinski definition) is 5. The van der Waals surface area contributed by atoms with Crippen molar-refractivity contribution in [3.05, 3.63) is 58.1 Å². The second-order valence-corrected chi connectivity index (χ2v) is 6.58. The SMILES string of the molecule is CCNC(=S)N/N=C\c1cc(Br)ccc1OC(=O)c1ccc(OCC)cc1. The Morgan fingerprint density at radius 3 is 2.63 bits per heavy atom. The van der Waals surface area contributed by atoms with Gasteiger partial charge in [0, 0.05) is 16.6 Å². The van der Waals surface area contributed by atoms with Crippen molar-refractivity contribution in [2.75, 3.05) is 13.2 Å². The van der Waals surface area contributed by atoms with Crippen molar-refractivity contribution in [1.29, 1.82) is 0 Å². The molecular formula is C19H20BrN3O3S. The Bertz CT molecular complexity index is 825. The van der Waals surface area contributed by atoms with Crippen LogP contribution < -0.4 is 20.2 Å². The number of thiocarbonyl (C=S) groups is 1. The highest BCUT2D eigenvalue weighted by atomic mass is 79.9. The first-order chi connectivity index (χ1) is 13.0. The predicted molar refractivity (Wildman–Crippen MR) is 114 cm³/mol. The van der Waals surface area contributed by atoms with Crippen LogP contribution in [0.25, 0.3) is 0 Å². The van der Waals surface area contributed by atoms with Crippen molar-refractivity contribution in [2.24, 2.45) is 5.10 Å². The highest BCUT2D eigenvalue weighted by molar-refractivity contribution is 9.10. The molecule has 27 heavy (non-hydrogen) atoms. The van der Waals surface area contributed by atoms with E-state index < -0.39 is 5.97 Å². The molecule has 2 aromatic carbocycles. The normalized spacial score (nSPS) is 10.5. The van der Waals surface area contributed by atoms with Gasteiger partial charge in [-0.2, -0.15) is 5.10 Å². The summed E-state index contributed by atoms with van der Waals surface area (Å²) in [6.07, 6.45) is 1.54. The predicted octanol–water partition coefficient (Wildman–Crippen LogP) is 3.88. The molecule has 6 nitrogen and oxygen atoms in total. The van der Waals surface area contributed by atoms with Crippen LogP contribution in [0.5, 0.6) is 11.5 Å². The van der Waals surface area contributed by atoms with Crippen LogP contribution in [0.4, 0.5) is 0 Å². The number of hydrazone groups is 1. The van der Waals surface area contributed by atoms with Gasteiger partial charge in [-0.1, -0.05) is 15.9 Å². The highest BCUT2D eigenvalue weighted by Gasteiger charge is 2.12. The summed E-state index contributed by atoms with van der Waals surface area (Å²) in [5, 5.41) is 7.41. The van der Waals surface area contributed by atoms with Crippen LogP contribution in [-0.4, -0.2) is 30.4 Å². The van der Waals surface area contributed by atoms with Crippen molar-refractivity contribution >= 4 is 45.4 Å². The van der Waals surface area contributed by atoms with E-state index in [9.17, 15) is 4.79 Å². The van der Waals surface area contributed by atoms with Crippen LogP contribution >= 0.6 is 28.1 Å². The Morgan fingerprint density at radius 1 is 1.22 bits per heavy atom. The van der Waals surface area contributed by atoms with E-state index in [0.717, 1.165) is 4.47 Å². The maximum absolute atomic E-state index is 12.4. The summed E-state index contributed by atoms with van der Waals surface area (Å²) < 4.78 is 11.7. The van der Waals surface area contributed by atoms with Gasteiger partial charge in [0.25, 0.3) is 0 Å². The van der Waals surface area contributed by atoms with Crippen molar-refractivity contribution < 1.29 is 14.3 Å². The van der Waals surface area contributed by atoms with Gasteiger partial charge in [0.15, 0.2) is 5.11 Å². The third kappa shape index (κ3) is 6.65. The van der Waals surface area contributed by atoms with Gasteiger partial charge in [-0.05, 0) is 68.5 Å². The number of nitrogens with one attached hydrogen (secondary N) is 2. The molecule has 2 rings (SSSR count). The molecular weight excluding hydrogens is 430 g/mol. The first-order valence-corrected chi connectivity index (χ1v) is 9.55. The maximum Gasteiger partial charge on any atom is 0.343 e. The molecule has 0 aliphatic rings. The van der Waals surface area contributed by atoms with Gasteiger partial charge in [-0.15, -0.1) is 0 Å². The minimum absolute atomic E-state index is 0.386. The molecule has 0 radical (unpaired) electrons. The zero-order chi connectivity index (χ0) is 19.6. The largest absolute Gasteiger partial charge is 0.494 e. The van der Waals surface area contributed by atoms with Gasteiger partial charge in [0.1, 0.15) is 11.5 Å². The van der Waals surface area contributed by atoms with Crippen LogP contribution in [0, 0.1) is 0 Å². The minimum Gasteiger partial charge on any atom is -0.494 e. The van der Waals surface area contributed by atoms with Gasteiger partial charge < -0.3 is 14.8 Å². The Kier molecular flexibility index (Phi) is 8.22. The molecule has 0 atom stereocenters. The molecule has 0 aliphatic heterocycles. The first kappa shape index (κ1) is 20.9. The first-order valence-electron chi connectivity index (χ1n) is 8.35. The summed E-state index contributed by atoms with van der Waals surface area (Å²) in [6.45, 7) is 5.10. The maximum atomic E-state index is 12.4. The molecule has 0 heterocycles. The fourth-order valence-electron chi connectivity index (χ4n) is 2.09. The Hall–Kier alpha value is -2.45. The van der Waals surface area contributed by atoms with Crippen molar-refractivity contribution in [1.82, 2.24) is 10.7 Å². The Balaban J connectivity index is 2.12. The number of halogens is 1. The number of esters is 1. The van der Waals surface area contributed by atoms with E-state index in [1.807, 2.05) is 13.8 Å². The Labute approximate surface area is 172 Å². The van der Waals surface area contributed by atoms with E-state index in [1.165, 1.54) is 6.21 Å². The average Bonchev–Trinajstić information content (AvgIpc) is 2.65. The van der Waals surface area contributed by atoms with Gasteiger partial charge in [-0.25, -0.2) is 4.79 Å². The van der Waals surface area contributed by atoms with E-state index >= 15 is 0 Å². The molecule has 8 heteroatoms. The summed E-state index contributed by atoms with van der Waals surface area (Å²) in [7, 11) is 0. The second kappa shape index (κ2) is 10.6. The monoisotopic (exact) mass is 449 g/mol. The van der Waals surface area contributed by atoms with Crippen LogP contribution in [0.2, 0.25) is 0 Å². The molecule has 142 valence electrons. The molecule has 0 amide bonds. The van der Waals surface area contributed by atoms with Crippen molar-refractivity contribution in [3.8, 4) is 11.5 Å². The molecule has 2 N–H and O–H groups in total. The molecule has 0 saturated carbocycles. The molecule has 0 saturated heterocycles. The molecule has 0 fully saturated rings. The van der Waals surface area contributed by atoms with E-state index in [-0.39, 0.29) is 0 Å². The number of carbonyl (C=O) groups is 1. The standard InChI is InChI=1S/C19H20BrN3O3S/c1-3-21-19(27)23-22-12-14-11-15(20)7-10-17(14)26-18(24)13-5-8-16(9-6-13)25-4-2/h5-12H,3-4H2,1-2H3,(H2,21,23,27)/b22-12-. The smallest absolute Gasteiger partial charge is 0.343 e. The number of carbonyl (C=O) groups excluding carboxylic acids is 1. The number of rotatable bonds is 7. The lowest BCUT2D eigenvalue weighted by Crippen LogP contribution is -2.31. The van der Waals surface area contributed by atoms with Gasteiger partial charge in [0.05, 0.1) is 18.4 Å². The number of ether oxygens (including phenoxy) is 2. The van der Waals surface area contributed by atoms with Crippen LogP contribution in [0.15, 0.2) is 52.0 Å². The Morgan fingerprint density at radius 2 is 1.96 bits per heavy atom. The average molecular weight is 450 g/mol. The fraction of sp³-hybridized carbons (Fsp3) is 0.211. The van der Waals surface area contributed by atoms with E-state index in [2.05, 4.69) is 31.8 Å². The zero-order valence-corrected chi connectivity index (χ0v) is 17.4. The summed E-state index contributed by atoms with van der Waals surface area (Å²) in [4.78, 5) is 12.4. The highest BCUT2D eigenvalue weighted by Crippen LogP contribution is 2.23. The molecule has 0 unspecified atom stereocenters. The van der Waals surface area contributed by atoms with Crippen LogP contribution in [0.3, 0.4) is 0 Å². The number of nitrogens with zero attached hydrogens (tertiary/aromatic N) is 1. The third-order valence-corrected chi connectivity index (χ3v) is 4.01. The van der Waals surface area contributed by atoms with Gasteiger partial charge in [0.2, 0.25) is 0 Å². The van der Waals surface area contributed by atoms with E-state index in [4.69, 9.17) is 21.7 Å². The topological polar surface area (TPSA) is 72.0 Å². The summed E-state index contributed by atoms with van der Waals surface area (Å²) in [5.74, 6) is 0.622. The lowest BCUT2D eigenvalue weighted by atomic mass is 10.2. The summed E-state index contributed by atoms with van der Waals surface area (Å²) >= 11 is 8.45. The third-order valence-electron chi connectivity index (χ3n) is 3.28. The van der Waals surface area contributed by atoms with Crippen LogP contribution in [0.1, 0.15) is 29.8 Å². The molecule has 0 aromatic heterocycles. The summed E-state index contributed by atoms with van der Waals surface area (Å²) in [6, 6.07) is 12.1. The van der Waals surface area contributed by atoms with Crippen molar-refractivity contribution in [3.63, 3.8) is 0 Å². The number of benzene rings is 2. The van der Waals surface area contributed by atoms with Gasteiger partial charge >= 0.3 is 5.97 Å². The van der Waals surface area contributed by atoms with Crippen molar-refractivity contribution in [2.45, 2.75) is 13.8 Å². The molecule has 2 aromatic rings. The molecule has 0 aliphatic carbocycles. The lowest BCUT2D eigenvalue weighted by Gasteiger charge is -2.09. The zero-order valence-electron chi connectivity index (χ0n) is 15.0. The lowest BCUT2D eigenvalue weighted by molar-refractivity contribution is 0.0734. The minimum atomic E-state index is -0.467. The van der Waals surface area contributed by atoms with E-state index in [0.29, 0.717) is 40.9 Å². The number of hydrogen-bond donors (Lipinski definition) is 2. The molecule has 0 spiro atoms. The fourth-order valence-corrected chi connectivity index (χ4v) is 2.66. The molecule has 0 bridgehead atoms. The van der Waals surface area contributed by atoms with Gasteiger partial charge in [-0.3, -0.25) is 5.43 Å². The summed E-state index contributed by atoms with van der Waals surface area (Å²) in [5.41, 5.74) is 3.75. The second-order valence-electron chi connectivity index (χ2n) is 5.26.